The molecule has 6 N–H and O–H groups in total. The Morgan fingerprint density at radius 1 is 0.452 bits per heavy atom. The van der Waals surface area contributed by atoms with Crippen molar-refractivity contribution in [2.24, 2.45) is 0 Å². The number of ether oxygens (including phenoxy) is 2. The van der Waals surface area contributed by atoms with Crippen molar-refractivity contribution in [2.75, 3.05) is 13.2 Å². The van der Waals surface area contributed by atoms with E-state index in [2.05, 4.69) is 31.3 Å². The molecule has 1 aliphatic heterocycles. The van der Waals surface area contributed by atoms with E-state index in [0.717, 1.165) is 38.5 Å². The lowest BCUT2D eigenvalue weighted by Gasteiger charge is -2.40. The van der Waals surface area contributed by atoms with Gasteiger partial charge >= 0.3 is 0 Å². The molecule has 0 aliphatic carbocycles. The number of aliphatic hydroxyl groups excluding tert-OH is 5. The van der Waals surface area contributed by atoms with Crippen LogP contribution in [-0.2, 0) is 14.3 Å². The highest BCUT2D eigenvalue weighted by molar-refractivity contribution is 5.76. The summed E-state index contributed by atoms with van der Waals surface area (Å²) >= 11 is 0. The van der Waals surface area contributed by atoms with Gasteiger partial charge in [-0.2, -0.15) is 0 Å². The van der Waals surface area contributed by atoms with Crippen molar-refractivity contribution in [2.45, 2.75) is 365 Å². The maximum Gasteiger partial charge on any atom is 0.220 e. The van der Waals surface area contributed by atoms with Gasteiger partial charge in [0.25, 0.3) is 0 Å². The number of amides is 1. The lowest BCUT2D eigenvalue weighted by Crippen LogP contribution is -2.60. The molecule has 0 bridgehead atoms. The Morgan fingerprint density at radius 3 is 1.15 bits per heavy atom. The van der Waals surface area contributed by atoms with E-state index >= 15 is 0 Å². The number of allylic oxidation sites excluding steroid dienone is 3. The third-order valence-corrected chi connectivity index (χ3v) is 15.5. The molecule has 9 nitrogen and oxygen atoms in total. The quantitative estimate of drug-likeness (QED) is 0.0261. The zero-order valence-electron chi connectivity index (χ0n) is 48.2. The lowest BCUT2D eigenvalue weighted by atomic mass is 9.99. The zero-order chi connectivity index (χ0) is 52.9. The van der Waals surface area contributed by atoms with Crippen LogP contribution in [0.2, 0.25) is 0 Å². The first-order chi connectivity index (χ1) is 35.8. The van der Waals surface area contributed by atoms with Crippen LogP contribution in [0.25, 0.3) is 0 Å². The highest BCUT2D eigenvalue weighted by Gasteiger charge is 2.44. The summed E-state index contributed by atoms with van der Waals surface area (Å²) in [6, 6.07) is -0.818. The Bertz CT molecular complexity index is 1200. The second-order valence-electron chi connectivity index (χ2n) is 22.6. The molecule has 0 radical (unpaired) electrons. The van der Waals surface area contributed by atoms with Crippen molar-refractivity contribution in [3.63, 3.8) is 0 Å². The van der Waals surface area contributed by atoms with Crippen LogP contribution in [0.1, 0.15) is 322 Å². The molecule has 1 heterocycles. The summed E-state index contributed by atoms with van der Waals surface area (Å²) in [5.41, 5.74) is 0. The van der Waals surface area contributed by atoms with Gasteiger partial charge in [0.05, 0.1) is 25.4 Å². The summed E-state index contributed by atoms with van der Waals surface area (Å²) in [4.78, 5) is 13.1. The molecule has 0 aromatic carbocycles. The van der Waals surface area contributed by atoms with E-state index < -0.39 is 49.5 Å². The monoisotopic (exact) mass is 1030 g/mol. The first kappa shape index (κ1) is 69.7. The van der Waals surface area contributed by atoms with E-state index in [9.17, 15) is 30.3 Å². The third-order valence-electron chi connectivity index (χ3n) is 15.5. The number of carbonyl (C=O) groups excluding carboxylic acids is 1. The van der Waals surface area contributed by atoms with Crippen LogP contribution >= 0.6 is 0 Å². The van der Waals surface area contributed by atoms with Gasteiger partial charge in [0.15, 0.2) is 6.29 Å². The lowest BCUT2D eigenvalue weighted by molar-refractivity contribution is -0.302. The number of rotatable bonds is 56. The molecule has 1 amide bonds. The molecule has 9 heteroatoms. The van der Waals surface area contributed by atoms with Crippen LogP contribution in [0, 0.1) is 0 Å². The minimum Gasteiger partial charge on any atom is -0.394 e. The molecular weight excluding hydrogens is 911 g/mol. The highest BCUT2D eigenvalue weighted by atomic mass is 16.7. The molecule has 73 heavy (non-hydrogen) atoms. The maximum atomic E-state index is 13.1. The van der Waals surface area contributed by atoms with E-state index in [0.29, 0.717) is 6.42 Å². The first-order valence-electron chi connectivity index (χ1n) is 32.1. The van der Waals surface area contributed by atoms with Gasteiger partial charge in [-0.3, -0.25) is 4.79 Å². The van der Waals surface area contributed by atoms with Gasteiger partial charge < -0.3 is 40.3 Å². The normalized spacial score (nSPS) is 19.1. The average Bonchev–Trinajstić information content (AvgIpc) is 3.39. The standard InChI is InChI=1S/C64H123NO8/c1-3-5-7-9-11-13-15-17-19-20-21-22-23-24-25-26-27-28-29-30-31-32-33-34-35-36-37-38-39-40-42-44-46-48-50-52-54-60(68)65-57(56-72-64-63(71)62(70)61(69)59(55-66)73-64)58(67)53-51-49-47-45-43-41-18-16-14-12-10-8-6-4-2/h43,45,51,53,57-59,61-64,66-67,69-71H,3-42,44,46-50,52,54-56H2,1-2H3,(H,65,68)/b45-43+,53-51+. The molecular formula is C64H123NO8. The second-order valence-corrected chi connectivity index (χ2v) is 22.6. The van der Waals surface area contributed by atoms with Crippen LogP contribution in [0.3, 0.4) is 0 Å². The maximum absolute atomic E-state index is 13.1. The number of hydrogen-bond donors (Lipinski definition) is 6. The molecule has 1 fully saturated rings. The SMILES string of the molecule is CCCCCCCCCC/C=C/CC/C=C/C(O)C(COC1OC(CO)C(O)C(O)C1O)NC(=O)CCCCCCCCCCCCCCCCCCCCCCCCCCCCCCCCCCCCCC. The Kier molecular flexibility index (Phi) is 51.6. The largest absolute Gasteiger partial charge is 0.394 e. The summed E-state index contributed by atoms with van der Waals surface area (Å²) in [5, 5.41) is 54.4. The van der Waals surface area contributed by atoms with Gasteiger partial charge in [-0.1, -0.05) is 308 Å². The van der Waals surface area contributed by atoms with E-state index in [-0.39, 0.29) is 12.5 Å². The van der Waals surface area contributed by atoms with Crippen molar-refractivity contribution in [1.29, 1.82) is 0 Å². The smallest absolute Gasteiger partial charge is 0.220 e. The summed E-state index contributed by atoms with van der Waals surface area (Å²) in [6.45, 7) is 3.79. The summed E-state index contributed by atoms with van der Waals surface area (Å²) in [5.74, 6) is -0.181. The number of nitrogens with one attached hydrogen (secondary N) is 1. The van der Waals surface area contributed by atoms with Crippen LogP contribution in [0.4, 0.5) is 0 Å². The summed E-state index contributed by atoms with van der Waals surface area (Å²) in [7, 11) is 0. The van der Waals surface area contributed by atoms with Gasteiger partial charge in [0.1, 0.15) is 24.4 Å². The number of aliphatic hydroxyl groups is 5. The van der Waals surface area contributed by atoms with Crippen molar-refractivity contribution in [3.05, 3.63) is 24.3 Å². The summed E-state index contributed by atoms with van der Waals surface area (Å²) < 4.78 is 11.3. The number of hydrogen-bond acceptors (Lipinski definition) is 8. The molecule has 0 aromatic rings. The van der Waals surface area contributed by atoms with Crippen molar-refractivity contribution >= 4 is 5.91 Å². The Balaban J connectivity index is 2.05. The third kappa shape index (κ3) is 43.4. The van der Waals surface area contributed by atoms with Gasteiger partial charge in [-0.05, 0) is 32.1 Å². The molecule has 7 unspecified atom stereocenters. The van der Waals surface area contributed by atoms with Crippen molar-refractivity contribution < 1.29 is 39.8 Å². The molecule has 0 saturated carbocycles. The van der Waals surface area contributed by atoms with Crippen LogP contribution in [0.15, 0.2) is 24.3 Å². The van der Waals surface area contributed by atoms with E-state index in [1.165, 1.54) is 263 Å². The van der Waals surface area contributed by atoms with Gasteiger partial charge in [0, 0.05) is 6.42 Å². The topological polar surface area (TPSA) is 149 Å². The molecule has 7 atom stereocenters. The predicted octanol–water partition coefficient (Wildman–Crippen LogP) is 16.5. The highest BCUT2D eigenvalue weighted by Crippen LogP contribution is 2.23. The van der Waals surface area contributed by atoms with Crippen LogP contribution in [-0.4, -0.2) is 87.5 Å². The average molecular weight is 1030 g/mol. The summed E-state index contributed by atoms with van der Waals surface area (Å²) in [6.07, 6.45) is 63.0. The van der Waals surface area contributed by atoms with Gasteiger partial charge in [-0.15, -0.1) is 0 Å². The molecule has 0 spiro atoms. The fourth-order valence-electron chi connectivity index (χ4n) is 10.5. The molecule has 1 rings (SSSR count). The number of unbranched alkanes of at least 4 members (excludes halogenated alkanes) is 44. The fraction of sp³-hybridized carbons (Fsp3) is 0.922. The van der Waals surface area contributed by atoms with Crippen LogP contribution < -0.4 is 5.32 Å². The van der Waals surface area contributed by atoms with E-state index in [1.54, 1.807) is 6.08 Å². The number of carbonyl (C=O) groups is 1. The zero-order valence-corrected chi connectivity index (χ0v) is 48.2. The minimum atomic E-state index is -1.57. The second kappa shape index (κ2) is 54.0. The predicted molar refractivity (Wildman–Crippen MR) is 309 cm³/mol. The van der Waals surface area contributed by atoms with E-state index in [1.807, 2.05) is 6.08 Å². The van der Waals surface area contributed by atoms with Gasteiger partial charge in [-0.25, -0.2) is 0 Å². The molecule has 1 aliphatic rings. The first-order valence-corrected chi connectivity index (χ1v) is 32.1. The van der Waals surface area contributed by atoms with Crippen molar-refractivity contribution in [1.82, 2.24) is 5.32 Å². The molecule has 432 valence electrons. The Morgan fingerprint density at radius 2 is 0.781 bits per heavy atom. The van der Waals surface area contributed by atoms with Gasteiger partial charge in [0.2, 0.25) is 5.91 Å². The molecule has 0 aromatic heterocycles. The Labute approximate surface area is 451 Å². The van der Waals surface area contributed by atoms with Crippen molar-refractivity contribution in [3.8, 4) is 0 Å². The fourth-order valence-corrected chi connectivity index (χ4v) is 10.5. The molecule has 1 saturated heterocycles. The van der Waals surface area contributed by atoms with E-state index in [4.69, 9.17) is 9.47 Å². The Hall–Kier alpha value is -1.33. The minimum absolute atomic E-state index is 0.181. The van der Waals surface area contributed by atoms with Crippen LogP contribution in [0.5, 0.6) is 0 Å².